The molecule has 96 valence electrons. The molecule has 6 heteroatoms. The van der Waals surface area contributed by atoms with E-state index in [-0.39, 0.29) is 0 Å². The fraction of sp³-hybridized carbons (Fsp3) is 0.154. The molecule has 0 amide bonds. The number of para-hydroxylation sites is 1. The number of anilines is 1. The van der Waals surface area contributed by atoms with Crippen LogP contribution in [0.1, 0.15) is 11.6 Å². The van der Waals surface area contributed by atoms with Crippen molar-refractivity contribution in [3.8, 4) is 5.69 Å². The van der Waals surface area contributed by atoms with Crippen molar-refractivity contribution in [2.24, 2.45) is 0 Å². The van der Waals surface area contributed by atoms with Crippen molar-refractivity contribution in [3.63, 3.8) is 0 Å². The van der Waals surface area contributed by atoms with Gasteiger partial charge in [0.25, 0.3) is 0 Å². The first kappa shape index (κ1) is 11.9. The number of imidazole rings is 1. The van der Waals surface area contributed by atoms with E-state index in [2.05, 4.69) is 36.4 Å². The molecule has 2 heterocycles. The summed E-state index contributed by atoms with van der Waals surface area (Å²) in [4.78, 5) is 8.64. The van der Waals surface area contributed by atoms with Crippen molar-refractivity contribution in [2.45, 2.75) is 13.5 Å². The third kappa shape index (κ3) is 2.63. The lowest BCUT2D eigenvalue weighted by Gasteiger charge is -2.07. The first-order valence-electron chi connectivity index (χ1n) is 5.95. The van der Waals surface area contributed by atoms with Gasteiger partial charge in [0.2, 0.25) is 5.13 Å². The Morgan fingerprint density at radius 1 is 1.26 bits per heavy atom. The van der Waals surface area contributed by atoms with Crippen molar-refractivity contribution >= 4 is 16.7 Å². The van der Waals surface area contributed by atoms with Gasteiger partial charge in [-0.3, -0.25) is 0 Å². The van der Waals surface area contributed by atoms with Crippen LogP contribution in [0.5, 0.6) is 0 Å². The van der Waals surface area contributed by atoms with E-state index in [1.807, 2.05) is 31.3 Å². The molecule has 0 aliphatic carbocycles. The number of rotatable bonds is 4. The molecule has 19 heavy (non-hydrogen) atoms. The third-order valence-electron chi connectivity index (χ3n) is 2.68. The number of benzene rings is 1. The summed E-state index contributed by atoms with van der Waals surface area (Å²) in [5.41, 5.74) is 1.10. The second-order valence-corrected chi connectivity index (χ2v) is 4.80. The first-order valence-corrected chi connectivity index (χ1v) is 6.72. The maximum absolute atomic E-state index is 4.37. The predicted octanol–water partition coefficient (Wildman–Crippen LogP) is 2.64. The molecule has 0 atom stereocenters. The average Bonchev–Trinajstić information content (AvgIpc) is 3.06. The zero-order chi connectivity index (χ0) is 13.1. The maximum atomic E-state index is 4.37. The van der Waals surface area contributed by atoms with Gasteiger partial charge in [0.15, 0.2) is 0 Å². The van der Waals surface area contributed by atoms with Crippen LogP contribution in [0.4, 0.5) is 5.13 Å². The molecule has 1 N–H and O–H groups in total. The van der Waals surface area contributed by atoms with E-state index in [1.54, 1.807) is 6.20 Å². The highest BCUT2D eigenvalue weighted by Crippen LogP contribution is 2.14. The lowest BCUT2D eigenvalue weighted by atomic mass is 10.3. The minimum Gasteiger partial charge on any atom is -0.353 e. The van der Waals surface area contributed by atoms with E-state index in [4.69, 9.17) is 0 Å². The normalized spacial score (nSPS) is 10.6. The Kier molecular flexibility index (Phi) is 3.24. The standard InChI is InChI=1S/C13H13N5S/c1-10-16-13(19-17-10)15-9-12-14-7-8-18(12)11-5-3-2-4-6-11/h2-8H,9H2,1H3,(H,15,16,17). The predicted molar refractivity (Wildman–Crippen MR) is 75.5 cm³/mol. The summed E-state index contributed by atoms with van der Waals surface area (Å²) in [6.45, 7) is 2.50. The van der Waals surface area contributed by atoms with Crippen LogP contribution in [-0.2, 0) is 6.54 Å². The Morgan fingerprint density at radius 2 is 2.11 bits per heavy atom. The van der Waals surface area contributed by atoms with Crippen molar-refractivity contribution < 1.29 is 0 Å². The van der Waals surface area contributed by atoms with E-state index >= 15 is 0 Å². The van der Waals surface area contributed by atoms with Crippen LogP contribution in [0.25, 0.3) is 5.69 Å². The molecule has 0 unspecified atom stereocenters. The van der Waals surface area contributed by atoms with Gasteiger partial charge in [-0.15, -0.1) is 0 Å². The Morgan fingerprint density at radius 3 is 2.84 bits per heavy atom. The summed E-state index contributed by atoms with van der Waals surface area (Å²) in [5.74, 6) is 1.73. The van der Waals surface area contributed by atoms with Gasteiger partial charge in [-0.25, -0.2) is 9.97 Å². The Hall–Kier alpha value is -2.21. The minimum absolute atomic E-state index is 0.622. The van der Waals surface area contributed by atoms with Crippen molar-refractivity contribution in [1.29, 1.82) is 0 Å². The number of aromatic nitrogens is 4. The smallest absolute Gasteiger partial charge is 0.202 e. The molecular formula is C13H13N5S. The van der Waals surface area contributed by atoms with Crippen molar-refractivity contribution in [2.75, 3.05) is 5.32 Å². The summed E-state index contributed by atoms with van der Waals surface area (Å²) in [6.07, 6.45) is 3.76. The largest absolute Gasteiger partial charge is 0.353 e. The van der Waals surface area contributed by atoms with E-state index < -0.39 is 0 Å². The summed E-state index contributed by atoms with van der Waals surface area (Å²) >= 11 is 1.36. The molecule has 0 fully saturated rings. The van der Waals surface area contributed by atoms with Crippen molar-refractivity contribution in [1.82, 2.24) is 18.9 Å². The van der Waals surface area contributed by atoms with Crippen LogP contribution >= 0.6 is 11.5 Å². The maximum Gasteiger partial charge on any atom is 0.202 e. The molecule has 0 aliphatic heterocycles. The quantitative estimate of drug-likeness (QED) is 0.792. The van der Waals surface area contributed by atoms with Gasteiger partial charge >= 0.3 is 0 Å². The third-order valence-corrected chi connectivity index (χ3v) is 3.44. The second-order valence-electron chi connectivity index (χ2n) is 4.05. The lowest BCUT2D eigenvalue weighted by Crippen LogP contribution is -2.06. The average molecular weight is 271 g/mol. The molecule has 3 aromatic rings. The fourth-order valence-electron chi connectivity index (χ4n) is 1.81. The van der Waals surface area contributed by atoms with Gasteiger partial charge in [0.05, 0.1) is 6.54 Å². The zero-order valence-electron chi connectivity index (χ0n) is 10.4. The molecule has 2 aromatic heterocycles. The highest BCUT2D eigenvalue weighted by molar-refractivity contribution is 7.09. The van der Waals surface area contributed by atoms with Gasteiger partial charge < -0.3 is 9.88 Å². The topological polar surface area (TPSA) is 55.6 Å². The Labute approximate surface area is 115 Å². The van der Waals surface area contributed by atoms with Crippen LogP contribution in [0, 0.1) is 6.92 Å². The molecule has 0 saturated carbocycles. The van der Waals surface area contributed by atoms with Crippen LogP contribution in [0.15, 0.2) is 42.7 Å². The minimum atomic E-state index is 0.622. The van der Waals surface area contributed by atoms with E-state index in [1.165, 1.54) is 11.5 Å². The summed E-state index contributed by atoms with van der Waals surface area (Å²) in [7, 11) is 0. The number of hydrogen-bond acceptors (Lipinski definition) is 5. The zero-order valence-corrected chi connectivity index (χ0v) is 11.3. The van der Waals surface area contributed by atoms with E-state index in [9.17, 15) is 0 Å². The number of nitrogens with one attached hydrogen (secondary N) is 1. The van der Waals surface area contributed by atoms with Crippen LogP contribution in [0.2, 0.25) is 0 Å². The summed E-state index contributed by atoms with van der Waals surface area (Å²) in [6, 6.07) is 10.1. The lowest BCUT2D eigenvalue weighted by molar-refractivity contribution is 0.896. The number of aryl methyl sites for hydroxylation is 1. The van der Waals surface area contributed by atoms with E-state index in [0.29, 0.717) is 6.54 Å². The molecule has 3 rings (SSSR count). The van der Waals surface area contributed by atoms with Crippen molar-refractivity contribution in [3.05, 3.63) is 54.4 Å². The monoisotopic (exact) mass is 271 g/mol. The molecule has 0 radical (unpaired) electrons. The SMILES string of the molecule is Cc1nsc(NCc2nccn2-c2ccccc2)n1. The van der Waals surface area contributed by atoms with Gasteiger partial charge in [0.1, 0.15) is 11.6 Å². The fourth-order valence-corrected chi connectivity index (χ4v) is 2.38. The van der Waals surface area contributed by atoms with Crippen LogP contribution in [0.3, 0.4) is 0 Å². The summed E-state index contributed by atoms with van der Waals surface area (Å²) < 4.78 is 6.19. The first-order chi connectivity index (χ1) is 9.33. The van der Waals surface area contributed by atoms with E-state index in [0.717, 1.165) is 22.5 Å². The van der Waals surface area contributed by atoms with Gasteiger partial charge in [0, 0.05) is 29.6 Å². The molecular weight excluding hydrogens is 258 g/mol. The molecule has 0 spiro atoms. The molecule has 0 aliphatic rings. The van der Waals surface area contributed by atoms with Crippen LogP contribution in [-0.4, -0.2) is 18.9 Å². The highest BCUT2D eigenvalue weighted by atomic mass is 32.1. The van der Waals surface area contributed by atoms with Crippen LogP contribution < -0.4 is 5.32 Å². The van der Waals surface area contributed by atoms with Gasteiger partial charge in [-0.2, -0.15) is 4.37 Å². The molecule has 0 bridgehead atoms. The second kappa shape index (κ2) is 5.19. The summed E-state index contributed by atoms with van der Waals surface area (Å²) in [5, 5.41) is 4.06. The Balaban J connectivity index is 1.77. The Bertz CT molecular complexity index is 658. The highest BCUT2D eigenvalue weighted by Gasteiger charge is 2.06. The molecule has 5 nitrogen and oxygen atoms in total. The molecule has 1 aromatic carbocycles. The number of nitrogens with zero attached hydrogens (tertiary/aromatic N) is 4. The van der Waals surface area contributed by atoms with Gasteiger partial charge in [-0.05, 0) is 19.1 Å². The molecule has 0 saturated heterocycles. The number of hydrogen-bond donors (Lipinski definition) is 1. The van der Waals surface area contributed by atoms with Gasteiger partial charge in [-0.1, -0.05) is 18.2 Å².